The molecule has 8 nitrogen and oxygen atoms in total. The Labute approximate surface area is 157 Å². The summed E-state index contributed by atoms with van der Waals surface area (Å²) in [6.45, 7) is 2.16. The van der Waals surface area contributed by atoms with Crippen molar-refractivity contribution in [2.45, 2.75) is 12.8 Å². The van der Waals surface area contributed by atoms with Gasteiger partial charge in [0.2, 0.25) is 0 Å². The van der Waals surface area contributed by atoms with Crippen LogP contribution in [-0.4, -0.2) is 40.4 Å². The first kappa shape index (κ1) is 18.6. The zero-order valence-electron chi connectivity index (χ0n) is 14.9. The van der Waals surface area contributed by atoms with Crippen LogP contribution >= 0.6 is 0 Å². The Bertz CT molecular complexity index is 828. The van der Waals surface area contributed by atoms with Gasteiger partial charge in [-0.05, 0) is 37.1 Å². The number of anilines is 2. The molecule has 2 aromatic rings. The number of hydrazone groups is 1. The maximum atomic E-state index is 12.3. The number of aromatic nitrogens is 2. The molecule has 27 heavy (non-hydrogen) atoms. The molecule has 9 heteroatoms. The Kier molecular flexibility index (Phi) is 5.82. The molecule has 0 atom stereocenters. The largest absolute Gasteiger partial charge is 0.383 e. The number of hydrogen-bond donors (Lipinski definition) is 3. The van der Waals surface area contributed by atoms with Gasteiger partial charge in [0.15, 0.2) is 5.84 Å². The van der Waals surface area contributed by atoms with E-state index in [4.69, 9.17) is 17.4 Å². The minimum Gasteiger partial charge on any atom is -0.383 e. The first-order valence-electron chi connectivity index (χ1n) is 8.66. The number of nitrogens with two attached hydrogens (primary N) is 3. The van der Waals surface area contributed by atoms with Crippen molar-refractivity contribution in [3.8, 4) is 11.1 Å². The van der Waals surface area contributed by atoms with E-state index in [9.17, 15) is 4.39 Å². The van der Waals surface area contributed by atoms with Gasteiger partial charge in [0.05, 0.1) is 18.4 Å². The lowest BCUT2D eigenvalue weighted by molar-refractivity contribution is 0.484. The van der Waals surface area contributed by atoms with Crippen molar-refractivity contribution in [1.82, 2.24) is 15.0 Å². The molecule has 3 heterocycles. The minimum atomic E-state index is 0.0856. The van der Waals surface area contributed by atoms with E-state index in [1.54, 1.807) is 18.5 Å². The number of hydrazine groups is 1. The fraction of sp³-hybridized carbons (Fsp3) is 0.278. The van der Waals surface area contributed by atoms with E-state index in [0.717, 1.165) is 30.0 Å². The fourth-order valence-corrected chi connectivity index (χ4v) is 3.04. The highest BCUT2D eigenvalue weighted by Crippen LogP contribution is 2.25. The van der Waals surface area contributed by atoms with E-state index >= 15 is 0 Å². The summed E-state index contributed by atoms with van der Waals surface area (Å²) in [5.74, 6) is 12.8. The second-order valence-electron chi connectivity index (χ2n) is 6.22. The van der Waals surface area contributed by atoms with Crippen LogP contribution in [0.1, 0.15) is 18.4 Å². The zero-order chi connectivity index (χ0) is 19.2. The van der Waals surface area contributed by atoms with Gasteiger partial charge in [0, 0.05) is 36.6 Å². The third-order valence-corrected chi connectivity index (χ3v) is 4.46. The van der Waals surface area contributed by atoms with E-state index in [1.165, 1.54) is 23.9 Å². The van der Waals surface area contributed by atoms with Gasteiger partial charge in [-0.3, -0.25) is 5.01 Å². The molecule has 0 amide bonds. The molecule has 2 aromatic heterocycles. The molecule has 1 aliphatic rings. The quantitative estimate of drug-likeness (QED) is 0.316. The SMILES string of the molecule is N/N=C(/c1cc(-c2ccc(N3CCCC3)nc2)cnc1N)N(N)C/C=C/F. The summed E-state index contributed by atoms with van der Waals surface area (Å²) < 4.78 is 12.3. The van der Waals surface area contributed by atoms with Crippen LogP contribution < -0.4 is 22.3 Å². The highest BCUT2D eigenvalue weighted by molar-refractivity contribution is 6.02. The molecule has 1 saturated heterocycles. The van der Waals surface area contributed by atoms with Crippen molar-refractivity contribution < 1.29 is 4.39 Å². The van der Waals surface area contributed by atoms with Gasteiger partial charge in [-0.25, -0.2) is 20.2 Å². The highest BCUT2D eigenvalue weighted by Gasteiger charge is 2.16. The van der Waals surface area contributed by atoms with Crippen LogP contribution in [0.5, 0.6) is 0 Å². The van der Waals surface area contributed by atoms with Crippen molar-refractivity contribution in [3.05, 3.63) is 48.6 Å². The second-order valence-corrected chi connectivity index (χ2v) is 6.22. The Morgan fingerprint density at radius 2 is 1.96 bits per heavy atom. The summed E-state index contributed by atoms with van der Waals surface area (Å²) in [4.78, 5) is 11.0. The summed E-state index contributed by atoms with van der Waals surface area (Å²) in [6, 6.07) is 5.78. The Hall–Kier alpha value is -3.20. The molecule has 0 aromatic carbocycles. The minimum absolute atomic E-state index is 0.0856. The number of amidine groups is 1. The van der Waals surface area contributed by atoms with Crippen LogP contribution in [0, 0.1) is 0 Å². The fourth-order valence-electron chi connectivity index (χ4n) is 3.04. The standard InChI is InChI=1S/C18H23FN8/c19-6-3-9-27(22)18(25-21)15-10-14(12-24-17(15)20)13-4-5-16(23-11-13)26-7-1-2-8-26/h3-6,10-12H,1-2,7-9,21-22H2,(H2,20,24)/b6-3+,25-18-. The van der Waals surface area contributed by atoms with Gasteiger partial charge in [-0.15, -0.1) is 0 Å². The van der Waals surface area contributed by atoms with Gasteiger partial charge in [-0.1, -0.05) is 0 Å². The maximum absolute atomic E-state index is 12.3. The topological polar surface area (TPSA) is 123 Å². The number of rotatable bonds is 5. The number of nitrogen functional groups attached to an aromatic ring is 1. The van der Waals surface area contributed by atoms with Crippen molar-refractivity contribution in [2.24, 2.45) is 16.8 Å². The van der Waals surface area contributed by atoms with Crippen LogP contribution in [0.4, 0.5) is 16.0 Å². The molecule has 0 radical (unpaired) electrons. The molecule has 0 aliphatic carbocycles. The number of nitrogens with zero attached hydrogens (tertiary/aromatic N) is 5. The average molecular weight is 370 g/mol. The lowest BCUT2D eigenvalue weighted by Gasteiger charge is -2.19. The molecule has 142 valence electrons. The molecule has 0 spiro atoms. The monoisotopic (exact) mass is 370 g/mol. The average Bonchev–Trinajstić information content (AvgIpc) is 3.23. The van der Waals surface area contributed by atoms with Crippen LogP contribution in [-0.2, 0) is 0 Å². The van der Waals surface area contributed by atoms with Crippen molar-refractivity contribution in [1.29, 1.82) is 0 Å². The number of hydrogen-bond acceptors (Lipinski definition) is 7. The lowest BCUT2D eigenvalue weighted by Crippen LogP contribution is -2.39. The van der Waals surface area contributed by atoms with Gasteiger partial charge in [0.25, 0.3) is 0 Å². The van der Waals surface area contributed by atoms with Crippen molar-refractivity contribution in [2.75, 3.05) is 30.3 Å². The molecule has 0 bridgehead atoms. The second kappa shape index (κ2) is 8.45. The summed E-state index contributed by atoms with van der Waals surface area (Å²) in [5, 5.41) is 4.89. The van der Waals surface area contributed by atoms with Gasteiger partial charge < -0.3 is 16.5 Å². The first-order chi connectivity index (χ1) is 13.1. The predicted octanol–water partition coefficient (Wildman–Crippen LogP) is 1.61. The summed E-state index contributed by atoms with van der Waals surface area (Å²) in [5.41, 5.74) is 8.12. The molecule has 3 rings (SSSR count). The smallest absolute Gasteiger partial charge is 0.173 e. The van der Waals surface area contributed by atoms with E-state index in [-0.39, 0.29) is 18.2 Å². The Morgan fingerprint density at radius 3 is 2.59 bits per heavy atom. The normalized spacial score (nSPS) is 14.9. The third-order valence-electron chi connectivity index (χ3n) is 4.46. The van der Waals surface area contributed by atoms with E-state index in [2.05, 4.69) is 20.0 Å². The van der Waals surface area contributed by atoms with E-state index < -0.39 is 0 Å². The van der Waals surface area contributed by atoms with Crippen LogP contribution in [0.15, 0.2) is 48.1 Å². The van der Waals surface area contributed by atoms with Crippen LogP contribution in [0.2, 0.25) is 0 Å². The summed E-state index contributed by atoms with van der Waals surface area (Å²) >= 11 is 0. The molecular formula is C18H23FN8. The molecule has 1 fully saturated rings. The van der Waals surface area contributed by atoms with Gasteiger partial charge in [-0.2, -0.15) is 5.10 Å². The van der Waals surface area contributed by atoms with Gasteiger partial charge in [0.1, 0.15) is 11.6 Å². The van der Waals surface area contributed by atoms with Crippen molar-refractivity contribution >= 4 is 17.5 Å². The molecular weight excluding hydrogens is 347 g/mol. The Balaban J connectivity index is 1.88. The molecule has 1 aliphatic heterocycles. The van der Waals surface area contributed by atoms with E-state index in [0.29, 0.717) is 11.9 Å². The van der Waals surface area contributed by atoms with Crippen LogP contribution in [0.25, 0.3) is 11.1 Å². The maximum Gasteiger partial charge on any atom is 0.173 e. The molecule has 0 unspecified atom stereocenters. The first-order valence-corrected chi connectivity index (χ1v) is 8.66. The molecule has 6 N–H and O–H groups in total. The third kappa shape index (κ3) is 4.14. The lowest BCUT2D eigenvalue weighted by atomic mass is 10.1. The number of pyridine rings is 2. The summed E-state index contributed by atoms with van der Waals surface area (Å²) in [6.07, 6.45) is 7.49. The van der Waals surface area contributed by atoms with E-state index in [1.807, 2.05) is 12.1 Å². The Morgan fingerprint density at radius 1 is 1.22 bits per heavy atom. The van der Waals surface area contributed by atoms with Crippen molar-refractivity contribution in [3.63, 3.8) is 0 Å². The summed E-state index contributed by atoms with van der Waals surface area (Å²) in [7, 11) is 0. The zero-order valence-corrected chi connectivity index (χ0v) is 14.9. The highest BCUT2D eigenvalue weighted by atomic mass is 19.1. The van der Waals surface area contributed by atoms with Crippen LogP contribution in [0.3, 0.4) is 0 Å². The predicted molar refractivity (Wildman–Crippen MR) is 105 cm³/mol. The van der Waals surface area contributed by atoms with Gasteiger partial charge >= 0.3 is 0 Å². The number of halogens is 1. The molecule has 0 saturated carbocycles.